The predicted octanol–water partition coefficient (Wildman–Crippen LogP) is 3.05. The molecule has 1 atom stereocenters. The summed E-state index contributed by atoms with van der Waals surface area (Å²) >= 11 is 6.14. The fourth-order valence-corrected chi connectivity index (χ4v) is 2.69. The van der Waals surface area contributed by atoms with Gasteiger partial charge >= 0.3 is 0 Å². The maximum atomic E-state index is 13.3. The van der Waals surface area contributed by atoms with Crippen molar-refractivity contribution >= 4 is 11.6 Å². The molecule has 0 aromatic heterocycles. The SMILES string of the molecule is CCCN(Cc1cc(F)ccc1Cl)C1CCNC1. The Morgan fingerprint density at radius 2 is 2.33 bits per heavy atom. The maximum absolute atomic E-state index is 13.3. The van der Waals surface area contributed by atoms with Gasteiger partial charge in [-0.3, -0.25) is 4.90 Å². The summed E-state index contributed by atoms with van der Waals surface area (Å²) in [5.74, 6) is -0.213. The Hall–Kier alpha value is -0.640. The topological polar surface area (TPSA) is 15.3 Å². The summed E-state index contributed by atoms with van der Waals surface area (Å²) in [6.07, 6.45) is 2.26. The highest BCUT2D eigenvalue weighted by Gasteiger charge is 2.22. The molecule has 0 radical (unpaired) electrons. The van der Waals surface area contributed by atoms with E-state index in [1.165, 1.54) is 6.07 Å². The lowest BCUT2D eigenvalue weighted by Gasteiger charge is -2.28. The Balaban J connectivity index is 2.09. The summed E-state index contributed by atoms with van der Waals surface area (Å²) in [5, 5.41) is 4.03. The highest BCUT2D eigenvalue weighted by Crippen LogP contribution is 2.21. The van der Waals surface area contributed by atoms with Crippen LogP contribution >= 0.6 is 11.6 Å². The molecule has 1 aliphatic rings. The number of hydrogen-bond acceptors (Lipinski definition) is 2. The number of benzene rings is 1. The molecule has 1 aliphatic heterocycles. The fraction of sp³-hybridized carbons (Fsp3) is 0.571. The zero-order chi connectivity index (χ0) is 13.0. The van der Waals surface area contributed by atoms with Crippen LogP contribution in [0.5, 0.6) is 0 Å². The van der Waals surface area contributed by atoms with Crippen molar-refractivity contribution in [3.63, 3.8) is 0 Å². The lowest BCUT2D eigenvalue weighted by molar-refractivity contribution is 0.199. The number of rotatable bonds is 5. The smallest absolute Gasteiger partial charge is 0.123 e. The Bertz CT molecular complexity index is 391. The van der Waals surface area contributed by atoms with Crippen molar-refractivity contribution < 1.29 is 4.39 Å². The molecule has 1 heterocycles. The van der Waals surface area contributed by atoms with Gasteiger partial charge < -0.3 is 5.32 Å². The van der Waals surface area contributed by atoms with Crippen molar-refractivity contribution in [3.8, 4) is 0 Å². The Kier molecular flexibility index (Phi) is 4.98. The molecule has 0 aliphatic carbocycles. The minimum Gasteiger partial charge on any atom is -0.315 e. The zero-order valence-corrected chi connectivity index (χ0v) is 11.5. The van der Waals surface area contributed by atoms with Gasteiger partial charge in [0, 0.05) is 24.2 Å². The second-order valence-corrected chi connectivity index (χ2v) is 5.26. The monoisotopic (exact) mass is 270 g/mol. The van der Waals surface area contributed by atoms with Crippen LogP contribution in [0, 0.1) is 5.82 Å². The minimum atomic E-state index is -0.213. The summed E-state index contributed by atoms with van der Waals surface area (Å²) in [4.78, 5) is 2.40. The van der Waals surface area contributed by atoms with E-state index in [4.69, 9.17) is 11.6 Å². The molecule has 0 amide bonds. The first-order valence-corrected chi connectivity index (χ1v) is 6.97. The van der Waals surface area contributed by atoms with Crippen molar-refractivity contribution in [1.29, 1.82) is 0 Å². The van der Waals surface area contributed by atoms with Gasteiger partial charge in [0.2, 0.25) is 0 Å². The van der Waals surface area contributed by atoms with Crippen LogP contribution in [-0.2, 0) is 6.54 Å². The number of nitrogens with one attached hydrogen (secondary N) is 1. The van der Waals surface area contributed by atoms with Gasteiger partial charge in [0.05, 0.1) is 0 Å². The molecule has 0 spiro atoms. The van der Waals surface area contributed by atoms with Crippen LogP contribution in [0.25, 0.3) is 0 Å². The predicted molar refractivity (Wildman–Crippen MR) is 73.4 cm³/mol. The molecule has 1 fully saturated rings. The van der Waals surface area contributed by atoms with Gasteiger partial charge in [-0.05, 0) is 49.7 Å². The van der Waals surface area contributed by atoms with Gasteiger partial charge in [0.1, 0.15) is 5.82 Å². The molecule has 18 heavy (non-hydrogen) atoms. The Labute approximate surface area is 113 Å². The van der Waals surface area contributed by atoms with Gasteiger partial charge in [-0.1, -0.05) is 18.5 Å². The summed E-state index contributed by atoms with van der Waals surface area (Å²) in [7, 11) is 0. The first-order chi connectivity index (χ1) is 8.70. The van der Waals surface area contributed by atoms with Gasteiger partial charge in [0.25, 0.3) is 0 Å². The van der Waals surface area contributed by atoms with E-state index in [2.05, 4.69) is 17.1 Å². The Morgan fingerprint density at radius 1 is 1.50 bits per heavy atom. The molecule has 1 unspecified atom stereocenters. The fourth-order valence-electron chi connectivity index (χ4n) is 2.51. The molecule has 1 saturated heterocycles. The van der Waals surface area contributed by atoms with E-state index < -0.39 is 0 Å². The van der Waals surface area contributed by atoms with Crippen LogP contribution in [0.3, 0.4) is 0 Å². The number of nitrogens with zero attached hydrogens (tertiary/aromatic N) is 1. The van der Waals surface area contributed by atoms with E-state index in [9.17, 15) is 4.39 Å². The quantitative estimate of drug-likeness (QED) is 0.885. The molecule has 2 nitrogen and oxygen atoms in total. The molecule has 0 bridgehead atoms. The second-order valence-electron chi connectivity index (χ2n) is 4.85. The Morgan fingerprint density at radius 3 is 3.00 bits per heavy atom. The summed E-state index contributed by atoms with van der Waals surface area (Å²) in [5.41, 5.74) is 0.886. The summed E-state index contributed by atoms with van der Waals surface area (Å²) < 4.78 is 13.3. The van der Waals surface area contributed by atoms with E-state index >= 15 is 0 Å². The molecule has 1 N–H and O–H groups in total. The maximum Gasteiger partial charge on any atom is 0.123 e. The van der Waals surface area contributed by atoms with E-state index in [1.807, 2.05) is 0 Å². The third kappa shape index (κ3) is 3.44. The third-order valence-electron chi connectivity index (χ3n) is 3.44. The number of hydrogen-bond donors (Lipinski definition) is 1. The van der Waals surface area contributed by atoms with Gasteiger partial charge in [-0.2, -0.15) is 0 Å². The largest absolute Gasteiger partial charge is 0.315 e. The lowest BCUT2D eigenvalue weighted by Crippen LogP contribution is -2.37. The van der Waals surface area contributed by atoms with Crippen molar-refractivity contribution in [2.75, 3.05) is 19.6 Å². The van der Waals surface area contributed by atoms with Gasteiger partial charge in [-0.25, -0.2) is 4.39 Å². The molecule has 4 heteroatoms. The van der Waals surface area contributed by atoms with Crippen molar-refractivity contribution in [2.45, 2.75) is 32.4 Å². The average Bonchev–Trinajstić information content (AvgIpc) is 2.87. The molecule has 2 rings (SSSR count). The van der Waals surface area contributed by atoms with E-state index in [0.717, 1.165) is 44.6 Å². The second kappa shape index (κ2) is 6.50. The van der Waals surface area contributed by atoms with E-state index in [1.54, 1.807) is 12.1 Å². The van der Waals surface area contributed by atoms with Crippen LogP contribution in [-0.4, -0.2) is 30.6 Å². The number of halogens is 2. The van der Waals surface area contributed by atoms with Crippen LogP contribution in [0.15, 0.2) is 18.2 Å². The molecule has 100 valence electrons. The van der Waals surface area contributed by atoms with Gasteiger partial charge in [0.15, 0.2) is 0 Å². The average molecular weight is 271 g/mol. The summed E-state index contributed by atoms with van der Waals surface area (Å²) in [6.45, 7) is 6.02. The van der Waals surface area contributed by atoms with Crippen molar-refractivity contribution in [2.24, 2.45) is 0 Å². The molecule has 1 aromatic rings. The standard InChI is InChI=1S/C14H20ClFN2/c1-2-7-18(13-5-6-17-9-13)10-11-8-12(16)3-4-14(11)15/h3-4,8,13,17H,2,5-7,9-10H2,1H3. The zero-order valence-electron chi connectivity index (χ0n) is 10.8. The molecular weight excluding hydrogens is 251 g/mol. The van der Waals surface area contributed by atoms with E-state index in [0.29, 0.717) is 11.1 Å². The third-order valence-corrected chi connectivity index (χ3v) is 3.81. The highest BCUT2D eigenvalue weighted by atomic mass is 35.5. The molecule has 0 saturated carbocycles. The van der Waals surface area contributed by atoms with Crippen LogP contribution in [0.2, 0.25) is 5.02 Å². The minimum absolute atomic E-state index is 0.213. The highest BCUT2D eigenvalue weighted by molar-refractivity contribution is 6.31. The first kappa shape index (κ1) is 13.8. The normalized spacial score (nSPS) is 19.7. The van der Waals surface area contributed by atoms with E-state index in [-0.39, 0.29) is 5.82 Å². The van der Waals surface area contributed by atoms with Crippen molar-refractivity contribution in [3.05, 3.63) is 34.6 Å². The van der Waals surface area contributed by atoms with Gasteiger partial charge in [-0.15, -0.1) is 0 Å². The molecular formula is C14H20ClFN2. The van der Waals surface area contributed by atoms with Crippen LogP contribution < -0.4 is 5.32 Å². The van der Waals surface area contributed by atoms with Crippen LogP contribution in [0.4, 0.5) is 4.39 Å². The molecule has 1 aromatic carbocycles. The summed E-state index contributed by atoms with van der Waals surface area (Å²) in [6, 6.07) is 5.15. The van der Waals surface area contributed by atoms with Crippen LogP contribution in [0.1, 0.15) is 25.3 Å². The lowest BCUT2D eigenvalue weighted by atomic mass is 10.1. The van der Waals surface area contributed by atoms with Crippen molar-refractivity contribution in [1.82, 2.24) is 10.2 Å². The first-order valence-electron chi connectivity index (χ1n) is 6.59.